The van der Waals surface area contributed by atoms with Crippen molar-refractivity contribution in [2.75, 3.05) is 26.2 Å². The standard InChI is InChI=1S/C21H26FN3O2/c1-15-14-18(16(2)23-15)21(27)25-11-5-10-24(12-13-25)20(26)9-8-17-6-3-4-7-19(17)22/h3-4,6-7,14,23H,5,8-13H2,1-2H3. The third-order valence-electron chi connectivity index (χ3n) is 5.08. The van der Waals surface area contributed by atoms with Gasteiger partial charge in [0.2, 0.25) is 5.91 Å². The van der Waals surface area contributed by atoms with Crippen LogP contribution in [0.1, 0.15) is 40.2 Å². The van der Waals surface area contributed by atoms with E-state index in [2.05, 4.69) is 4.98 Å². The van der Waals surface area contributed by atoms with E-state index in [9.17, 15) is 14.0 Å². The molecule has 0 bridgehead atoms. The van der Waals surface area contributed by atoms with E-state index < -0.39 is 0 Å². The SMILES string of the molecule is Cc1cc(C(=O)N2CCCN(C(=O)CCc3ccccc3F)CC2)c(C)[nH]1. The van der Waals surface area contributed by atoms with Gasteiger partial charge in [-0.2, -0.15) is 0 Å². The van der Waals surface area contributed by atoms with E-state index in [0.29, 0.717) is 43.7 Å². The molecule has 3 rings (SSSR count). The van der Waals surface area contributed by atoms with Gasteiger partial charge in [0.05, 0.1) is 5.56 Å². The maximum Gasteiger partial charge on any atom is 0.255 e. The van der Waals surface area contributed by atoms with Gasteiger partial charge in [0.1, 0.15) is 5.82 Å². The van der Waals surface area contributed by atoms with Crippen LogP contribution < -0.4 is 0 Å². The third-order valence-corrected chi connectivity index (χ3v) is 5.08. The van der Waals surface area contributed by atoms with Gasteiger partial charge < -0.3 is 14.8 Å². The molecule has 1 aliphatic rings. The van der Waals surface area contributed by atoms with Crippen molar-refractivity contribution in [1.29, 1.82) is 0 Å². The molecule has 0 spiro atoms. The summed E-state index contributed by atoms with van der Waals surface area (Å²) in [5, 5.41) is 0. The van der Waals surface area contributed by atoms with Crippen LogP contribution in [-0.4, -0.2) is 52.8 Å². The number of carbonyl (C=O) groups is 2. The second-order valence-corrected chi connectivity index (χ2v) is 7.11. The minimum atomic E-state index is -0.268. The summed E-state index contributed by atoms with van der Waals surface area (Å²) < 4.78 is 13.7. The Morgan fingerprint density at radius 2 is 1.78 bits per heavy atom. The van der Waals surface area contributed by atoms with Crippen LogP contribution in [0.3, 0.4) is 0 Å². The number of halogens is 1. The summed E-state index contributed by atoms with van der Waals surface area (Å²) in [4.78, 5) is 32.1. The number of amides is 2. The van der Waals surface area contributed by atoms with E-state index in [1.165, 1.54) is 6.07 Å². The monoisotopic (exact) mass is 371 g/mol. The Morgan fingerprint density at radius 3 is 2.48 bits per heavy atom. The molecule has 1 aromatic carbocycles. The van der Waals surface area contributed by atoms with Crippen molar-refractivity contribution < 1.29 is 14.0 Å². The second kappa shape index (κ2) is 8.37. The van der Waals surface area contributed by atoms with E-state index in [1.54, 1.807) is 23.1 Å². The number of carbonyl (C=O) groups excluding carboxylic acids is 2. The van der Waals surface area contributed by atoms with E-state index in [-0.39, 0.29) is 24.1 Å². The molecule has 2 aromatic rings. The van der Waals surface area contributed by atoms with Crippen molar-refractivity contribution in [3.05, 3.63) is 58.7 Å². The van der Waals surface area contributed by atoms with Crippen LogP contribution in [-0.2, 0) is 11.2 Å². The van der Waals surface area contributed by atoms with Crippen molar-refractivity contribution in [2.45, 2.75) is 33.1 Å². The summed E-state index contributed by atoms with van der Waals surface area (Å²) in [6.07, 6.45) is 1.43. The molecule has 27 heavy (non-hydrogen) atoms. The summed E-state index contributed by atoms with van der Waals surface area (Å²) in [6, 6.07) is 8.43. The molecule has 5 nitrogen and oxygen atoms in total. The third kappa shape index (κ3) is 4.56. The fraction of sp³-hybridized carbons (Fsp3) is 0.429. The van der Waals surface area contributed by atoms with Gasteiger partial charge >= 0.3 is 0 Å². The highest BCUT2D eigenvalue weighted by Crippen LogP contribution is 2.15. The predicted octanol–water partition coefficient (Wildman–Crippen LogP) is 3.08. The zero-order chi connectivity index (χ0) is 19.4. The summed E-state index contributed by atoms with van der Waals surface area (Å²) in [7, 11) is 0. The Bertz CT molecular complexity index is 831. The normalized spacial score (nSPS) is 14.9. The number of aromatic nitrogens is 1. The molecule has 1 N–H and O–H groups in total. The lowest BCUT2D eigenvalue weighted by atomic mass is 10.1. The zero-order valence-corrected chi connectivity index (χ0v) is 15.9. The van der Waals surface area contributed by atoms with Crippen LogP contribution in [0.4, 0.5) is 4.39 Å². The molecule has 2 heterocycles. The molecule has 1 saturated heterocycles. The van der Waals surface area contributed by atoms with Crippen molar-refractivity contribution in [3.63, 3.8) is 0 Å². The summed E-state index contributed by atoms with van der Waals surface area (Å²) in [5.74, 6) is -0.242. The first-order valence-corrected chi connectivity index (χ1v) is 9.42. The number of rotatable bonds is 4. The molecule has 0 saturated carbocycles. The van der Waals surface area contributed by atoms with E-state index in [4.69, 9.17) is 0 Å². The van der Waals surface area contributed by atoms with Crippen LogP contribution in [0.2, 0.25) is 0 Å². The lowest BCUT2D eigenvalue weighted by Gasteiger charge is -2.22. The first-order chi connectivity index (χ1) is 13.0. The number of hydrogen-bond donors (Lipinski definition) is 1. The number of aryl methyl sites for hydroxylation is 3. The molecule has 1 aliphatic heterocycles. The van der Waals surface area contributed by atoms with Gasteiger partial charge in [-0.1, -0.05) is 18.2 Å². The Kier molecular flexibility index (Phi) is 5.94. The van der Waals surface area contributed by atoms with Crippen LogP contribution in [0.25, 0.3) is 0 Å². The average molecular weight is 371 g/mol. The first kappa shape index (κ1) is 19.1. The van der Waals surface area contributed by atoms with Crippen molar-refractivity contribution in [2.24, 2.45) is 0 Å². The quantitative estimate of drug-likeness (QED) is 0.898. The molecular weight excluding hydrogens is 345 g/mol. The van der Waals surface area contributed by atoms with Crippen molar-refractivity contribution in [3.8, 4) is 0 Å². The number of nitrogens with one attached hydrogen (secondary N) is 1. The van der Waals surface area contributed by atoms with Crippen LogP contribution in [0, 0.1) is 19.7 Å². The van der Waals surface area contributed by atoms with Gasteiger partial charge in [-0.25, -0.2) is 4.39 Å². The molecule has 0 unspecified atom stereocenters. The Labute approximate surface area is 159 Å². The summed E-state index contributed by atoms with van der Waals surface area (Å²) >= 11 is 0. The fourth-order valence-corrected chi connectivity index (χ4v) is 3.59. The highest BCUT2D eigenvalue weighted by molar-refractivity contribution is 5.95. The highest BCUT2D eigenvalue weighted by Gasteiger charge is 2.24. The number of benzene rings is 1. The first-order valence-electron chi connectivity index (χ1n) is 9.42. The predicted molar refractivity (Wildman–Crippen MR) is 102 cm³/mol. The van der Waals surface area contributed by atoms with Gasteiger partial charge in [-0.05, 0) is 44.4 Å². The average Bonchev–Trinajstić information content (AvgIpc) is 2.85. The van der Waals surface area contributed by atoms with E-state index >= 15 is 0 Å². The summed E-state index contributed by atoms with van der Waals surface area (Å²) in [5.41, 5.74) is 3.11. The zero-order valence-electron chi connectivity index (χ0n) is 15.9. The van der Waals surface area contributed by atoms with Gasteiger partial charge in [0.25, 0.3) is 5.91 Å². The minimum absolute atomic E-state index is 0.0116. The largest absolute Gasteiger partial charge is 0.362 e. The van der Waals surface area contributed by atoms with E-state index in [0.717, 1.165) is 17.8 Å². The molecule has 6 heteroatoms. The molecule has 2 amide bonds. The fourth-order valence-electron chi connectivity index (χ4n) is 3.59. The van der Waals surface area contributed by atoms with E-state index in [1.807, 2.05) is 24.8 Å². The van der Waals surface area contributed by atoms with Crippen molar-refractivity contribution >= 4 is 11.8 Å². The highest BCUT2D eigenvalue weighted by atomic mass is 19.1. The molecule has 0 aliphatic carbocycles. The molecule has 1 fully saturated rings. The molecule has 144 valence electrons. The molecular formula is C21H26FN3O2. The molecule has 0 atom stereocenters. The number of aromatic amines is 1. The number of hydrogen-bond acceptors (Lipinski definition) is 2. The Morgan fingerprint density at radius 1 is 1.07 bits per heavy atom. The van der Waals surface area contributed by atoms with Gasteiger partial charge in [-0.3, -0.25) is 9.59 Å². The minimum Gasteiger partial charge on any atom is -0.362 e. The molecule has 0 radical (unpaired) electrons. The summed E-state index contributed by atoms with van der Waals surface area (Å²) in [6.45, 7) is 6.14. The van der Waals surface area contributed by atoms with Crippen LogP contribution in [0.5, 0.6) is 0 Å². The number of nitrogens with zero attached hydrogens (tertiary/aromatic N) is 2. The lowest BCUT2D eigenvalue weighted by molar-refractivity contribution is -0.131. The maximum absolute atomic E-state index is 13.7. The second-order valence-electron chi connectivity index (χ2n) is 7.11. The van der Waals surface area contributed by atoms with Gasteiger partial charge in [0.15, 0.2) is 0 Å². The maximum atomic E-state index is 13.7. The Hall–Kier alpha value is -2.63. The van der Waals surface area contributed by atoms with Gasteiger partial charge in [-0.15, -0.1) is 0 Å². The topological polar surface area (TPSA) is 56.4 Å². The van der Waals surface area contributed by atoms with Crippen molar-refractivity contribution in [1.82, 2.24) is 14.8 Å². The Balaban J connectivity index is 1.56. The van der Waals surface area contributed by atoms with Crippen LogP contribution in [0.15, 0.2) is 30.3 Å². The number of H-pyrrole nitrogens is 1. The molecule has 1 aromatic heterocycles. The van der Waals surface area contributed by atoms with Gasteiger partial charge in [0, 0.05) is 44.0 Å². The lowest BCUT2D eigenvalue weighted by Crippen LogP contribution is -2.37. The smallest absolute Gasteiger partial charge is 0.255 e. The van der Waals surface area contributed by atoms with Crippen LogP contribution >= 0.6 is 0 Å².